The van der Waals surface area contributed by atoms with Crippen LogP contribution in [0.4, 0.5) is 0 Å². The molecule has 0 radical (unpaired) electrons. The Bertz CT molecular complexity index is 1280. The van der Waals surface area contributed by atoms with Crippen molar-refractivity contribution in [1.29, 1.82) is 0 Å². The van der Waals surface area contributed by atoms with Gasteiger partial charge in [0.25, 0.3) is 0 Å². The van der Waals surface area contributed by atoms with Crippen LogP contribution in [-0.2, 0) is 4.79 Å². The Kier molecular flexibility index (Phi) is 5.68. The molecule has 42 heavy (non-hydrogen) atoms. The van der Waals surface area contributed by atoms with Crippen LogP contribution in [0.2, 0.25) is 0 Å². The molecule has 6 nitrogen and oxygen atoms in total. The Morgan fingerprint density at radius 3 is 2.48 bits per heavy atom. The molecule has 0 aromatic carbocycles. The lowest BCUT2D eigenvalue weighted by molar-refractivity contribution is -0.282. The summed E-state index contributed by atoms with van der Waals surface area (Å²) in [6.45, 7) is 6.61. The molecule has 0 aromatic rings. The summed E-state index contributed by atoms with van der Waals surface area (Å²) >= 11 is 0. The maximum absolute atomic E-state index is 15.0. The number of ketones is 1. The van der Waals surface area contributed by atoms with E-state index in [0.717, 1.165) is 51.4 Å². The summed E-state index contributed by atoms with van der Waals surface area (Å²) in [5, 5.41) is 56.7. The monoisotopic (exact) mass is 580 g/mol. The van der Waals surface area contributed by atoms with Crippen LogP contribution in [0.5, 0.6) is 0 Å². The minimum absolute atomic E-state index is 0.00569. The van der Waals surface area contributed by atoms with Crippen molar-refractivity contribution < 1.29 is 30.3 Å². The van der Waals surface area contributed by atoms with Crippen molar-refractivity contribution in [3.8, 4) is 0 Å². The molecule has 0 saturated heterocycles. The molecule has 5 bridgehead atoms. The van der Waals surface area contributed by atoms with Gasteiger partial charge in [0, 0.05) is 27.6 Å². The molecule has 1 spiro atoms. The van der Waals surface area contributed by atoms with E-state index in [-0.39, 0.29) is 51.8 Å². The molecule has 0 aromatic heterocycles. The summed E-state index contributed by atoms with van der Waals surface area (Å²) in [6.07, 6.45) is 14.4. The van der Waals surface area contributed by atoms with E-state index >= 15 is 4.79 Å². The predicted octanol–water partition coefficient (Wildman–Crippen LogP) is 4.32. The molecule has 6 fully saturated rings. The number of hydrogen-bond acceptors (Lipinski definition) is 6. The second-order valence-electron chi connectivity index (χ2n) is 17.4. The normalized spacial score (nSPS) is 59.6. The smallest absolute Gasteiger partial charge is 0.159 e. The Hall–Kier alpha value is -1.05. The van der Waals surface area contributed by atoms with Crippen molar-refractivity contribution in [2.75, 3.05) is 13.2 Å². The number of hydrogen-bond donors (Lipinski definition) is 5. The Morgan fingerprint density at radius 1 is 0.976 bits per heavy atom. The highest BCUT2D eigenvalue weighted by molar-refractivity contribution is 5.96. The van der Waals surface area contributed by atoms with Gasteiger partial charge in [0.2, 0.25) is 0 Å². The summed E-state index contributed by atoms with van der Waals surface area (Å²) in [7, 11) is 0. The third-order valence-electron chi connectivity index (χ3n) is 16.7. The SMILES string of the molecule is CC12CCC3CCC45CC(O)C(CO)(CC1)C3(C2)C4=CC(=O)C1C2(C)C3C=CCC(C(O)CO)(C(O)C3)C2CCC15C. The van der Waals surface area contributed by atoms with Crippen LogP contribution < -0.4 is 0 Å². The highest BCUT2D eigenvalue weighted by Gasteiger charge is 2.80. The van der Waals surface area contributed by atoms with Gasteiger partial charge >= 0.3 is 0 Å². The van der Waals surface area contributed by atoms with Crippen molar-refractivity contribution >= 4 is 5.78 Å². The molecule has 9 aliphatic carbocycles. The molecule has 14 atom stereocenters. The minimum Gasteiger partial charge on any atom is -0.396 e. The summed E-state index contributed by atoms with van der Waals surface area (Å²) in [6, 6.07) is 0. The van der Waals surface area contributed by atoms with Crippen molar-refractivity contribution in [3.05, 3.63) is 23.8 Å². The van der Waals surface area contributed by atoms with Gasteiger partial charge in [0.1, 0.15) is 0 Å². The number of rotatable bonds is 3. The maximum Gasteiger partial charge on any atom is 0.159 e. The highest BCUT2D eigenvalue weighted by Crippen LogP contribution is 2.84. The van der Waals surface area contributed by atoms with Crippen LogP contribution in [0, 0.1) is 61.6 Å². The van der Waals surface area contributed by atoms with Crippen molar-refractivity contribution in [1.82, 2.24) is 0 Å². The fraction of sp³-hybridized carbons (Fsp3) is 0.861. The minimum atomic E-state index is -1.05. The molecule has 5 N–H and O–H groups in total. The molecule has 9 aliphatic rings. The lowest BCUT2D eigenvalue weighted by atomic mass is 9.25. The topological polar surface area (TPSA) is 118 Å². The van der Waals surface area contributed by atoms with E-state index in [1.807, 2.05) is 0 Å². The zero-order valence-corrected chi connectivity index (χ0v) is 25.8. The number of carbonyl (C=O) groups is 1. The first-order valence-corrected chi connectivity index (χ1v) is 17.0. The van der Waals surface area contributed by atoms with E-state index in [1.165, 1.54) is 12.0 Å². The van der Waals surface area contributed by atoms with Crippen LogP contribution in [0.15, 0.2) is 23.8 Å². The first kappa shape index (κ1) is 28.4. The lowest BCUT2D eigenvalue weighted by Crippen LogP contribution is -2.76. The van der Waals surface area contributed by atoms with Crippen LogP contribution in [-0.4, -0.2) is 62.8 Å². The number of fused-ring (bicyclic) bond motifs is 4. The fourth-order valence-electron chi connectivity index (χ4n) is 15.0. The van der Waals surface area contributed by atoms with Gasteiger partial charge < -0.3 is 25.5 Å². The average molecular weight is 581 g/mol. The number of carbonyl (C=O) groups excluding carboxylic acids is 1. The van der Waals surface area contributed by atoms with Crippen LogP contribution in [0.1, 0.15) is 97.8 Å². The van der Waals surface area contributed by atoms with E-state index in [0.29, 0.717) is 25.2 Å². The average Bonchev–Trinajstić information content (AvgIpc) is 3.19. The summed E-state index contributed by atoms with van der Waals surface area (Å²) in [5.41, 5.74) is -1.49. The third-order valence-corrected chi connectivity index (χ3v) is 16.7. The second kappa shape index (κ2) is 8.40. The number of allylic oxidation sites excluding steroid dienone is 4. The van der Waals surface area contributed by atoms with Gasteiger partial charge in [-0.25, -0.2) is 0 Å². The lowest BCUT2D eigenvalue weighted by Gasteiger charge is -2.79. The van der Waals surface area contributed by atoms with E-state index < -0.39 is 41.2 Å². The van der Waals surface area contributed by atoms with E-state index in [1.54, 1.807) is 0 Å². The maximum atomic E-state index is 15.0. The van der Waals surface area contributed by atoms with Crippen molar-refractivity contribution in [3.63, 3.8) is 0 Å². The Balaban J connectivity index is 1.35. The second-order valence-corrected chi connectivity index (χ2v) is 17.4. The van der Waals surface area contributed by atoms with E-state index in [9.17, 15) is 25.5 Å². The van der Waals surface area contributed by atoms with Crippen molar-refractivity contribution in [2.24, 2.45) is 61.6 Å². The van der Waals surface area contributed by atoms with E-state index in [4.69, 9.17) is 0 Å². The highest BCUT2D eigenvalue weighted by atomic mass is 16.3. The zero-order chi connectivity index (χ0) is 29.7. The van der Waals surface area contributed by atoms with Crippen LogP contribution >= 0.6 is 0 Å². The van der Waals surface area contributed by atoms with Crippen LogP contribution in [0.3, 0.4) is 0 Å². The van der Waals surface area contributed by atoms with Gasteiger partial charge in [-0.3, -0.25) is 4.79 Å². The third kappa shape index (κ3) is 2.75. The van der Waals surface area contributed by atoms with Crippen molar-refractivity contribution in [2.45, 2.75) is 116 Å². The van der Waals surface area contributed by atoms with Gasteiger partial charge in [-0.1, -0.05) is 38.5 Å². The predicted molar refractivity (Wildman–Crippen MR) is 158 cm³/mol. The molecule has 6 heteroatoms. The van der Waals surface area contributed by atoms with E-state index in [2.05, 4.69) is 39.0 Å². The van der Waals surface area contributed by atoms with Gasteiger partial charge in [-0.15, -0.1) is 0 Å². The Morgan fingerprint density at radius 2 is 1.74 bits per heavy atom. The molecule has 14 unspecified atom stereocenters. The summed E-state index contributed by atoms with van der Waals surface area (Å²) < 4.78 is 0. The fourth-order valence-corrected chi connectivity index (χ4v) is 15.0. The Labute approximate surface area is 250 Å². The molecular weight excluding hydrogens is 528 g/mol. The van der Waals surface area contributed by atoms with Gasteiger partial charge in [0.05, 0.1) is 31.5 Å². The molecular formula is C36H52O6. The first-order chi connectivity index (χ1) is 19.9. The summed E-state index contributed by atoms with van der Waals surface area (Å²) in [4.78, 5) is 15.0. The number of aliphatic hydroxyl groups is 5. The number of aliphatic hydroxyl groups excluding tert-OH is 5. The van der Waals surface area contributed by atoms with Crippen LogP contribution in [0.25, 0.3) is 0 Å². The first-order valence-electron chi connectivity index (χ1n) is 17.0. The molecule has 232 valence electrons. The molecule has 9 rings (SSSR count). The van der Waals surface area contributed by atoms with Gasteiger partial charge in [-0.05, 0) is 117 Å². The van der Waals surface area contributed by atoms with Gasteiger partial charge in [-0.2, -0.15) is 0 Å². The molecule has 0 amide bonds. The zero-order valence-electron chi connectivity index (χ0n) is 25.8. The largest absolute Gasteiger partial charge is 0.396 e. The van der Waals surface area contributed by atoms with Gasteiger partial charge in [0.15, 0.2) is 5.78 Å². The standard InChI is InChI=1S/C36H52O6/c1-30-10-6-21-7-12-33-17-27(41)34(20-38,14-13-30)36(21,19-30)25(33)16-23(39)29-31(33,2)11-8-24-32(29,3)22-5-4-9-35(24,26(40)15-22)28(42)18-37/h4-5,16,21-22,24,26-29,37-38,40-42H,6-15,17-20H2,1-3H3. The molecule has 6 saturated carbocycles. The molecule has 0 aliphatic heterocycles. The summed E-state index contributed by atoms with van der Waals surface area (Å²) in [5.74, 6) is 0.193. The molecule has 0 heterocycles. The quantitative estimate of drug-likeness (QED) is 0.317.